The van der Waals surface area contributed by atoms with Crippen molar-refractivity contribution < 1.29 is 18.4 Å². The van der Waals surface area contributed by atoms with Crippen molar-refractivity contribution in [3.63, 3.8) is 0 Å². The molecule has 2 atom stereocenters. The Kier molecular flexibility index (Phi) is 4.65. The molecule has 2 N–H and O–H groups in total. The van der Waals surface area contributed by atoms with Gasteiger partial charge in [-0.1, -0.05) is 6.92 Å². The predicted molar refractivity (Wildman–Crippen MR) is 62.9 cm³/mol. The summed E-state index contributed by atoms with van der Waals surface area (Å²) in [4.78, 5) is 24.4. The Morgan fingerprint density at radius 3 is 2.67 bits per heavy atom. The van der Waals surface area contributed by atoms with Crippen LogP contribution < -0.4 is 5.73 Å². The van der Waals surface area contributed by atoms with Gasteiger partial charge in [0.15, 0.2) is 0 Å². The molecule has 0 aromatic rings. The average molecular weight is 262 g/mol. The van der Waals surface area contributed by atoms with Crippen LogP contribution >= 0.6 is 0 Å². The number of nitrogens with two attached hydrogens (primary N) is 1. The number of carbonyl (C=O) groups excluding carboxylic acids is 2. The number of alkyl halides is 2. The van der Waals surface area contributed by atoms with Gasteiger partial charge >= 0.3 is 0 Å². The molecule has 18 heavy (non-hydrogen) atoms. The summed E-state index contributed by atoms with van der Waals surface area (Å²) >= 11 is 0. The van der Waals surface area contributed by atoms with Crippen LogP contribution in [0.4, 0.5) is 8.78 Å². The van der Waals surface area contributed by atoms with E-state index < -0.39 is 17.9 Å². The number of primary amides is 1. The van der Waals surface area contributed by atoms with Crippen LogP contribution in [0, 0.1) is 5.92 Å². The minimum Gasteiger partial charge on any atom is -0.368 e. The highest BCUT2D eigenvalue weighted by atomic mass is 19.3. The zero-order chi connectivity index (χ0) is 13.9. The number of amides is 2. The van der Waals surface area contributed by atoms with Crippen LogP contribution in [0.15, 0.2) is 0 Å². The van der Waals surface area contributed by atoms with E-state index in [1.807, 2.05) is 0 Å². The minimum absolute atomic E-state index is 0.170. The number of piperidine rings is 1. The average Bonchev–Trinajstić information content (AvgIpc) is 2.21. The summed E-state index contributed by atoms with van der Waals surface area (Å²) < 4.78 is 26.0. The van der Waals surface area contributed by atoms with E-state index in [1.54, 1.807) is 6.92 Å². The summed E-state index contributed by atoms with van der Waals surface area (Å²) in [6.07, 6.45) is 0.820. The molecule has 1 fully saturated rings. The quantitative estimate of drug-likeness (QED) is 0.816. The molecule has 0 radical (unpaired) electrons. The minimum atomic E-state index is -2.74. The fourth-order valence-electron chi connectivity index (χ4n) is 2.49. The molecule has 0 saturated carbocycles. The zero-order valence-electron chi connectivity index (χ0n) is 10.8. The molecule has 1 rings (SSSR count). The van der Waals surface area contributed by atoms with Crippen LogP contribution in [0.25, 0.3) is 0 Å². The van der Waals surface area contributed by atoms with E-state index in [0.717, 1.165) is 6.92 Å². The van der Waals surface area contributed by atoms with E-state index in [4.69, 9.17) is 5.73 Å². The lowest BCUT2D eigenvalue weighted by atomic mass is 9.90. The first-order valence-electron chi connectivity index (χ1n) is 6.21. The van der Waals surface area contributed by atoms with Crippen molar-refractivity contribution in [3.8, 4) is 0 Å². The molecule has 1 aliphatic rings. The molecule has 0 bridgehead atoms. The lowest BCUT2D eigenvalue weighted by Gasteiger charge is -2.37. The Bertz CT molecular complexity index is 329. The molecule has 0 spiro atoms. The molecule has 1 saturated heterocycles. The number of halogens is 2. The Balaban J connectivity index is 2.72. The highest BCUT2D eigenvalue weighted by molar-refractivity contribution is 5.86. The van der Waals surface area contributed by atoms with Crippen molar-refractivity contribution >= 4 is 11.8 Å². The van der Waals surface area contributed by atoms with Crippen LogP contribution in [0.1, 0.15) is 39.5 Å². The Hall–Kier alpha value is -1.20. The van der Waals surface area contributed by atoms with Crippen molar-refractivity contribution in [2.45, 2.75) is 51.5 Å². The first-order valence-corrected chi connectivity index (χ1v) is 6.21. The van der Waals surface area contributed by atoms with E-state index >= 15 is 0 Å². The maximum atomic E-state index is 13.0. The van der Waals surface area contributed by atoms with E-state index in [-0.39, 0.29) is 31.2 Å². The van der Waals surface area contributed by atoms with E-state index in [2.05, 4.69) is 0 Å². The van der Waals surface area contributed by atoms with Gasteiger partial charge in [0.1, 0.15) is 6.04 Å². The van der Waals surface area contributed by atoms with Gasteiger partial charge in [0.25, 0.3) is 0 Å². The summed E-state index contributed by atoms with van der Waals surface area (Å²) in [5.74, 6) is -3.76. The molecular weight excluding hydrogens is 242 g/mol. The third kappa shape index (κ3) is 3.92. The first kappa shape index (κ1) is 14.9. The number of carbonyl (C=O) groups is 2. The maximum Gasteiger partial charge on any atom is 0.245 e. The van der Waals surface area contributed by atoms with Crippen molar-refractivity contribution in [3.05, 3.63) is 0 Å². The smallest absolute Gasteiger partial charge is 0.245 e. The lowest BCUT2D eigenvalue weighted by Crippen LogP contribution is -2.52. The third-order valence-corrected chi connectivity index (χ3v) is 3.28. The largest absolute Gasteiger partial charge is 0.368 e. The maximum absolute atomic E-state index is 13.0. The van der Waals surface area contributed by atoms with E-state index in [9.17, 15) is 18.4 Å². The monoisotopic (exact) mass is 262 g/mol. The SMILES string of the molecule is CCC(C(N)=O)N1CC(CC(C)(F)F)CCC1=O. The van der Waals surface area contributed by atoms with Gasteiger partial charge in [0, 0.05) is 19.4 Å². The van der Waals surface area contributed by atoms with Gasteiger partial charge in [0.05, 0.1) is 0 Å². The standard InChI is InChI=1S/C12H20F2N2O2/c1-3-9(11(15)18)16-7-8(4-5-10(16)17)6-12(2,13)14/h8-9H,3-7H2,1-2H3,(H2,15,18). The summed E-state index contributed by atoms with van der Waals surface area (Å²) in [7, 11) is 0. The summed E-state index contributed by atoms with van der Waals surface area (Å²) in [5.41, 5.74) is 5.23. The van der Waals surface area contributed by atoms with Crippen LogP contribution in [0.2, 0.25) is 0 Å². The van der Waals surface area contributed by atoms with Gasteiger partial charge in [-0.2, -0.15) is 0 Å². The normalized spacial score (nSPS) is 23.0. The van der Waals surface area contributed by atoms with Crippen molar-refractivity contribution in [1.82, 2.24) is 4.90 Å². The summed E-state index contributed by atoms with van der Waals surface area (Å²) in [6, 6.07) is -0.675. The zero-order valence-corrected chi connectivity index (χ0v) is 10.8. The molecule has 0 aromatic heterocycles. The lowest BCUT2D eigenvalue weighted by molar-refractivity contribution is -0.144. The van der Waals surface area contributed by atoms with Crippen molar-refractivity contribution in [2.24, 2.45) is 11.7 Å². The van der Waals surface area contributed by atoms with Crippen LogP contribution in [0.3, 0.4) is 0 Å². The Morgan fingerprint density at radius 1 is 1.61 bits per heavy atom. The number of hydrogen-bond donors (Lipinski definition) is 1. The van der Waals surface area contributed by atoms with Gasteiger partial charge < -0.3 is 10.6 Å². The highest BCUT2D eigenvalue weighted by Gasteiger charge is 2.36. The van der Waals surface area contributed by atoms with E-state index in [1.165, 1.54) is 4.90 Å². The van der Waals surface area contributed by atoms with Gasteiger partial charge in [0.2, 0.25) is 17.7 Å². The molecule has 0 aliphatic carbocycles. The number of likely N-dealkylation sites (tertiary alicyclic amines) is 1. The number of nitrogens with zero attached hydrogens (tertiary/aromatic N) is 1. The third-order valence-electron chi connectivity index (χ3n) is 3.28. The molecule has 1 heterocycles. The van der Waals surface area contributed by atoms with Gasteiger partial charge in [-0.15, -0.1) is 0 Å². The first-order chi connectivity index (χ1) is 8.24. The van der Waals surface area contributed by atoms with Gasteiger partial charge in [-0.25, -0.2) is 8.78 Å². The molecule has 2 amide bonds. The van der Waals surface area contributed by atoms with Crippen molar-refractivity contribution in [1.29, 1.82) is 0 Å². The molecule has 6 heteroatoms. The molecule has 104 valence electrons. The topological polar surface area (TPSA) is 63.4 Å². The molecule has 2 unspecified atom stereocenters. The second-order valence-electron chi connectivity index (χ2n) is 5.05. The molecule has 0 aromatic carbocycles. The van der Waals surface area contributed by atoms with E-state index in [0.29, 0.717) is 12.8 Å². The van der Waals surface area contributed by atoms with Crippen LogP contribution in [0.5, 0.6) is 0 Å². The highest BCUT2D eigenvalue weighted by Crippen LogP contribution is 2.30. The van der Waals surface area contributed by atoms with Crippen LogP contribution in [-0.4, -0.2) is 35.2 Å². The molecule has 1 aliphatic heterocycles. The summed E-state index contributed by atoms with van der Waals surface area (Å²) in [5, 5.41) is 0. The van der Waals surface area contributed by atoms with Gasteiger partial charge in [-0.05, 0) is 25.7 Å². The Labute approximate surface area is 106 Å². The predicted octanol–water partition coefficient (Wildman–Crippen LogP) is 1.53. The fraction of sp³-hybridized carbons (Fsp3) is 0.833. The van der Waals surface area contributed by atoms with Gasteiger partial charge in [-0.3, -0.25) is 9.59 Å². The second kappa shape index (κ2) is 5.63. The Morgan fingerprint density at radius 2 is 2.22 bits per heavy atom. The molecular formula is C12H20F2N2O2. The number of hydrogen-bond acceptors (Lipinski definition) is 2. The fourth-order valence-corrected chi connectivity index (χ4v) is 2.49. The second-order valence-corrected chi connectivity index (χ2v) is 5.05. The van der Waals surface area contributed by atoms with Crippen LogP contribution in [-0.2, 0) is 9.59 Å². The summed E-state index contributed by atoms with van der Waals surface area (Å²) in [6.45, 7) is 2.82. The van der Waals surface area contributed by atoms with Crippen molar-refractivity contribution in [2.75, 3.05) is 6.54 Å². The number of rotatable bonds is 5. The molecule has 4 nitrogen and oxygen atoms in total.